The lowest BCUT2D eigenvalue weighted by atomic mass is 10.0. The van der Waals surface area contributed by atoms with Crippen molar-refractivity contribution in [2.45, 2.75) is 26.1 Å². The molecule has 0 aromatic heterocycles. The van der Waals surface area contributed by atoms with Crippen LogP contribution in [0.15, 0.2) is 18.2 Å². The first-order valence-electron chi connectivity index (χ1n) is 5.30. The van der Waals surface area contributed by atoms with Gasteiger partial charge in [-0.05, 0) is 18.1 Å². The average molecular weight is 262 g/mol. The Morgan fingerprint density at radius 2 is 2.00 bits per heavy atom. The third-order valence-corrected chi connectivity index (χ3v) is 2.39. The van der Waals surface area contributed by atoms with E-state index in [1.165, 1.54) is 19.2 Å². The van der Waals surface area contributed by atoms with E-state index >= 15 is 0 Å². The molecule has 0 heterocycles. The van der Waals surface area contributed by atoms with Crippen LogP contribution in [0, 0.1) is 0 Å². The van der Waals surface area contributed by atoms with Gasteiger partial charge in [-0.25, -0.2) is 0 Å². The SMILES string of the molecule is CCc1cccc(OC(F)(F)F)c1CC(=O)OC. The maximum absolute atomic E-state index is 12.2. The second kappa shape index (κ2) is 5.75. The molecule has 0 aliphatic carbocycles. The second-order valence-electron chi connectivity index (χ2n) is 3.55. The molecule has 0 N–H and O–H groups in total. The number of carbonyl (C=O) groups is 1. The molecule has 6 heteroatoms. The molecular formula is C12H13F3O3. The zero-order valence-electron chi connectivity index (χ0n) is 10.0. The maximum atomic E-state index is 12.2. The number of rotatable bonds is 4. The highest BCUT2D eigenvalue weighted by Crippen LogP contribution is 2.29. The lowest BCUT2D eigenvalue weighted by Crippen LogP contribution is -2.19. The molecule has 0 aliphatic rings. The van der Waals surface area contributed by atoms with Gasteiger partial charge >= 0.3 is 12.3 Å². The van der Waals surface area contributed by atoms with Crippen molar-refractivity contribution in [2.75, 3.05) is 7.11 Å². The predicted octanol–water partition coefficient (Wildman–Crippen LogP) is 2.86. The van der Waals surface area contributed by atoms with Crippen molar-refractivity contribution in [2.24, 2.45) is 0 Å². The molecule has 1 aromatic rings. The number of aryl methyl sites for hydroxylation is 1. The van der Waals surface area contributed by atoms with Gasteiger partial charge in [-0.2, -0.15) is 0 Å². The van der Waals surface area contributed by atoms with Crippen LogP contribution in [0.3, 0.4) is 0 Å². The molecule has 1 aromatic carbocycles. The van der Waals surface area contributed by atoms with Gasteiger partial charge in [-0.15, -0.1) is 13.2 Å². The van der Waals surface area contributed by atoms with E-state index < -0.39 is 12.3 Å². The van der Waals surface area contributed by atoms with Gasteiger partial charge in [0.05, 0.1) is 13.5 Å². The molecular weight excluding hydrogens is 249 g/mol. The molecule has 0 saturated carbocycles. The topological polar surface area (TPSA) is 35.5 Å². The minimum Gasteiger partial charge on any atom is -0.469 e. The molecule has 0 saturated heterocycles. The molecule has 0 radical (unpaired) electrons. The Balaban J connectivity index is 3.12. The summed E-state index contributed by atoms with van der Waals surface area (Å²) in [6.07, 6.45) is -4.52. The van der Waals surface area contributed by atoms with Crippen molar-refractivity contribution in [3.05, 3.63) is 29.3 Å². The largest absolute Gasteiger partial charge is 0.573 e. The smallest absolute Gasteiger partial charge is 0.469 e. The predicted molar refractivity (Wildman–Crippen MR) is 58.2 cm³/mol. The van der Waals surface area contributed by atoms with Crippen molar-refractivity contribution in [1.82, 2.24) is 0 Å². The highest BCUT2D eigenvalue weighted by atomic mass is 19.4. The van der Waals surface area contributed by atoms with E-state index in [1.54, 1.807) is 13.0 Å². The van der Waals surface area contributed by atoms with E-state index in [1.807, 2.05) is 0 Å². The summed E-state index contributed by atoms with van der Waals surface area (Å²) >= 11 is 0. The quantitative estimate of drug-likeness (QED) is 0.783. The Bertz CT molecular complexity index is 427. The fourth-order valence-corrected chi connectivity index (χ4v) is 1.58. The minimum atomic E-state index is -4.78. The van der Waals surface area contributed by atoms with Gasteiger partial charge in [0.1, 0.15) is 5.75 Å². The summed E-state index contributed by atoms with van der Waals surface area (Å²) in [5, 5.41) is 0. The summed E-state index contributed by atoms with van der Waals surface area (Å²) in [5.74, 6) is -0.963. The first kappa shape index (κ1) is 14.3. The van der Waals surface area contributed by atoms with Crippen LogP contribution < -0.4 is 4.74 Å². The first-order chi connectivity index (χ1) is 8.37. The molecule has 0 amide bonds. The zero-order valence-corrected chi connectivity index (χ0v) is 10.0. The Labute approximate surface area is 103 Å². The van der Waals surface area contributed by atoms with Gasteiger partial charge < -0.3 is 9.47 Å². The fourth-order valence-electron chi connectivity index (χ4n) is 1.58. The lowest BCUT2D eigenvalue weighted by molar-refractivity contribution is -0.275. The molecule has 0 fully saturated rings. The van der Waals surface area contributed by atoms with Crippen LogP contribution in [0.25, 0.3) is 0 Å². The van der Waals surface area contributed by atoms with Gasteiger partial charge in [0.2, 0.25) is 0 Å². The van der Waals surface area contributed by atoms with Crippen LogP contribution in [-0.2, 0) is 22.4 Å². The summed E-state index contributed by atoms with van der Waals surface area (Å²) in [4.78, 5) is 11.2. The maximum Gasteiger partial charge on any atom is 0.573 e. The van der Waals surface area contributed by atoms with E-state index in [4.69, 9.17) is 0 Å². The van der Waals surface area contributed by atoms with Gasteiger partial charge in [-0.1, -0.05) is 19.1 Å². The van der Waals surface area contributed by atoms with Gasteiger partial charge in [0, 0.05) is 5.56 Å². The van der Waals surface area contributed by atoms with Crippen LogP contribution in [0.4, 0.5) is 13.2 Å². The highest BCUT2D eigenvalue weighted by molar-refractivity contribution is 5.74. The van der Waals surface area contributed by atoms with E-state index in [-0.39, 0.29) is 17.7 Å². The summed E-state index contributed by atoms with van der Waals surface area (Å²) in [6, 6.07) is 4.30. The number of esters is 1. The van der Waals surface area contributed by atoms with E-state index in [0.29, 0.717) is 12.0 Å². The Morgan fingerprint density at radius 3 is 2.50 bits per heavy atom. The number of hydrogen-bond acceptors (Lipinski definition) is 3. The highest BCUT2D eigenvalue weighted by Gasteiger charge is 2.32. The van der Waals surface area contributed by atoms with Crippen molar-refractivity contribution in [3.8, 4) is 5.75 Å². The molecule has 0 spiro atoms. The average Bonchev–Trinajstić information content (AvgIpc) is 2.29. The number of alkyl halides is 3. The number of carbonyl (C=O) groups excluding carboxylic acids is 1. The standard InChI is InChI=1S/C12H13F3O3/c1-3-8-5-4-6-10(18-12(13,14)15)9(8)7-11(16)17-2/h4-6H,3,7H2,1-2H3. The van der Waals surface area contributed by atoms with Crippen molar-refractivity contribution in [3.63, 3.8) is 0 Å². The third kappa shape index (κ3) is 3.94. The monoisotopic (exact) mass is 262 g/mol. The lowest BCUT2D eigenvalue weighted by Gasteiger charge is -2.15. The molecule has 0 atom stereocenters. The first-order valence-corrected chi connectivity index (χ1v) is 5.30. The summed E-state index contributed by atoms with van der Waals surface area (Å²) < 4.78 is 45.1. The van der Waals surface area contributed by atoms with Crippen LogP contribution in [-0.4, -0.2) is 19.4 Å². The molecule has 0 aliphatic heterocycles. The van der Waals surface area contributed by atoms with Crippen LogP contribution in [0.1, 0.15) is 18.1 Å². The molecule has 0 bridgehead atoms. The number of ether oxygens (including phenoxy) is 2. The number of methoxy groups -OCH3 is 1. The fraction of sp³-hybridized carbons (Fsp3) is 0.417. The number of benzene rings is 1. The molecule has 3 nitrogen and oxygen atoms in total. The van der Waals surface area contributed by atoms with Crippen molar-refractivity contribution >= 4 is 5.97 Å². The van der Waals surface area contributed by atoms with Crippen molar-refractivity contribution < 1.29 is 27.4 Å². The summed E-state index contributed by atoms with van der Waals surface area (Å²) in [5.41, 5.74) is 0.839. The Kier molecular flexibility index (Phi) is 4.58. The third-order valence-electron chi connectivity index (χ3n) is 2.39. The van der Waals surface area contributed by atoms with Crippen LogP contribution in [0.5, 0.6) is 5.75 Å². The Morgan fingerprint density at radius 1 is 1.33 bits per heavy atom. The minimum absolute atomic E-state index is 0.212. The van der Waals surface area contributed by atoms with Gasteiger partial charge in [-0.3, -0.25) is 4.79 Å². The van der Waals surface area contributed by atoms with E-state index in [9.17, 15) is 18.0 Å². The van der Waals surface area contributed by atoms with Gasteiger partial charge in [0.15, 0.2) is 0 Å². The molecule has 0 unspecified atom stereocenters. The van der Waals surface area contributed by atoms with Crippen molar-refractivity contribution in [1.29, 1.82) is 0 Å². The van der Waals surface area contributed by atoms with Crippen LogP contribution in [0.2, 0.25) is 0 Å². The number of hydrogen-bond donors (Lipinski definition) is 0. The molecule has 1 rings (SSSR count). The van der Waals surface area contributed by atoms with E-state index in [2.05, 4.69) is 9.47 Å². The second-order valence-corrected chi connectivity index (χ2v) is 3.55. The normalized spacial score (nSPS) is 11.2. The summed E-state index contributed by atoms with van der Waals surface area (Å²) in [7, 11) is 1.18. The van der Waals surface area contributed by atoms with E-state index in [0.717, 1.165) is 0 Å². The molecule has 100 valence electrons. The zero-order chi connectivity index (χ0) is 13.8. The van der Waals surface area contributed by atoms with Gasteiger partial charge in [0.25, 0.3) is 0 Å². The summed E-state index contributed by atoms with van der Waals surface area (Å²) in [6.45, 7) is 1.79. The van der Waals surface area contributed by atoms with Crippen LogP contribution >= 0.6 is 0 Å². The Hall–Kier alpha value is -1.72. The molecule has 18 heavy (non-hydrogen) atoms. The number of halogens is 3.